The summed E-state index contributed by atoms with van der Waals surface area (Å²) in [5, 5.41) is 2.77. The van der Waals surface area contributed by atoms with Gasteiger partial charge in [0.1, 0.15) is 11.1 Å². The first kappa shape index (κ1) is 13.0. The molecule has 0 fully saturated rings. The molecule has 98 valence electrons. The highest BCUT2D eigenvalue weighted by Gasteiger charge is 2.24. The minimum Gasteiger partial charge on any atom is -0.452 e. The number of hydrogen-bond donors (Lipinski definition) is 1. The van der Waals surface area contributed by atoms with Crippen LogP contribution in [0, 0.1) is 0 Å². The van der Waals surface area contributed by atoms with Crippen molar-refractivity contribution in [2.75, 3.05) is 5.32 Å². The lowest BCUT2D eigenvalue weighted by Gasteiger charge is -2.11. The molecule has 0 spiro atoms. The van der Waals surface area contributed by atoms with Crippen molar-refractivity contribution >= 4 is 50.7 Å². The molecule has 1 aromatic heterocycles. The molecule has 19 heavy (non-hydrogen) atoms. The van der Waals surface area contributed by atoms with Crippen LogP contribution in [0.25, 0.3) is 0 Å². The number of alkyl halides is 1. The Morgan fingerprint density at radius 1 is 1.37 bits per heavy atom. The van der Waals surface area contributed by atoms with Crippen molar-refractivity contribution in [1.29, 1.82) is 0 Å². The Hall–Kier alpha value is -0.970. The Morgan fingerprint density at radius 3 is 2.84 bits per heavy atom. The van der Waals surface area contributed by atoms with Crippen LogP contribution in [0.15, 0.2) is 33.4 Å². The second kappa shape index (κ2) is 4.85. The maximum absolute atomic E-state index is 11.4. The zero-order chi connectivity index (χ0) is 13.6. The van der Waals surface area contributed by atoms with Crippen LogP contribution >= 0.6 is 39.1 Å². The summed E-state index contributed by atoms with van der Waals surface area (Å²) < 4.78 is 6.05. The van der Waals surface area contributed by atoms with E-state index in [-0.39, 0.29) is 5.91 Å². The number of halogens is 3. The van der Waals surface area contributed by atoms with E-state index in [4.69, 9.17) is 27.6 Å². The van der Waals surface area contributed by atoms with Crippen LogP contribution in [0.4, 0.5) is 5.69 Å². The van der Waals surface area contributed by atoms with Gasteiger partial charge in [-0.05, 0) is 51.3 Å². The van der Waals surface area contributed by atoms with E-state index in [1.807, 2.05) is 6.07 Å². The molecule has 0 saturated carbocycles. The van der Waals surface area contributed by atoms with Crippen molar-refractivity contribution in [2.24, 2.45) is 0 Å². The van der Waals surface area contributed by atoms with Crippen LogP contribution in [0.3, 0.4) is 0 Å². The number of carbonyl (C=O) groups excluding carboxylic acids is 1. The van der Waals surface area contributed by atoms with E-state index >= 15 is 0 Å². The van der Waals surface area contributed by atoms with Gasteiger partial charge in [0.15, 0.2) is 4.67 Å². The van der Waals surface area contributed by atoms with E-state index in [9.17, 15) is 4.79 Å². The van der Waals surface area contributed by atoms with Crippen molar-refractivity contribution in [1.82, 2.24) is 0 Å². The van der Waals surface area contributed by atoms with E-state index in [1.165, 1.54) is 0 Å². The van der Waals surface area contributed by atoms with Crippen molar-refractivity contribution in [3.8, 4) is 0 Å². The molecular formula is C13H8BrCl2NO2. The molecule has 3 nitrogen and oxygen atoms in total. The lowest BCUT2D eigenvalue weighted by molar-refractivity contribution is -0.115. The minimum absolute atomic E-state index is 0.0323. The molecule has 3 rings (SSSR count). The van der Waals surface area contributed by atoms with Crippen LogP contribution in [-0.4, -0.2) is 5.91 Å². The predicted octanol–water partition coefficient (Wildman–Crippen LogP) is 4.52. The Balaban J connectivity index is 2.02. The third-order valence-corrected chi connectivity index (χ3v) is 4.17. The third kappa shape index (κ3) is 2.40. The Labute approximate surface area is 128 Å². The van der Waals surface area contributed by atoms with Crippen LogP contribution in [0.2, 0.25) is 5.02 Å². The summed E-state index contributed by atoms with van der Waals surface area (Å²) in [5.41, 5.74) is 2.39. The van der Waals surface area contributed by atoms with Gasteiger partial charge in [-0.3, -0.25) is 4.79 Å². The van der Waals surface area contributed by atoms with Gasteiger partial charge >= 0.3 is 0 Å². The highest BCUT2D eigenvalue weighted by Crippen LogP contribution is 2.39. The number of rotatable bonds is 2. The Bertz CT molecular complexity index is 669. The SMILES string of the molecule is O=C1Cc2cc(C(Cl)c3ccc(Br)o3)c(Cl)cc2N1. The van der Waals surface area contributed by atoms with Crippen LogP contribution in [0.5, 0.6) is 0 Å². The molecule has 1 aliphatic rings. The summed E-state index contributed by atoms with van der Waals surface area (Å²) in [7, 11) is 0. The second-order valence-corrected chi connectivity index (χ2v) is 5.89. The van der Waals surface area contributed by atoms with Gasteiger partial charge in [0.2, 0.25) is 5.91 Å². The van der Waals surface area contributed by atoms with Crippen molar-refractivity contribution in [3.05, 3.63) is 50.8 Å². The first-order valence-corrected chi connectivity index (χ1v) is 7.17. The quantitative estimate of drug-likeness (QED) is 0.800. The average molecular weight is 361 g/mol. The standard InChI is InChI=1S/C13H8BrCl2NO2/c14-11-2-1-10(19-11)13(16)7-3-6-4-12(18)17-9(6)5-8(7)15/h1-3,5,13H,4H2,(H,17,18). The summed E-state index contributed by atoms with van der Waals surface area (Å²) in [6.07, 6.45) is 0.352. The number of furan rings is 1. The summed E-state index contributed by atoms with van der Waals surface area (Å²) in [5.74, 6) is 0.572. The van der Waals surface area contributed by atoms with E-state index < -0.39 is 5.38 Å². The molecular weight excluding hydrogens is 353 g/mol. The van der Waals surface area contributed by atoms with Gasteiger partial charge in [-0.2, -0.15) is 0 Å². The Morgan fingerprint density at radius 2 is 2.16 bits per heavy atom. The molecule has 6 heteroatoms. The molecule has 0 saturated heterocycles. The number of hydrogen-bond acceptors (Lipinski definition) is 2. The van der Waals surface area contributed by atoms with Crippen molar-refractivity contribution in [3.63, 3.8) is 0 Å². The summed E-state index contributed by atoms with van der Waals surface area (Å²) in [6.45, 7) is 0. The van der Waals surface area contributed by atoms with Crippen molar-refractivity contribution in [2.45, 2.75) is 11.8 Å². The van der Waals surface area contributed by atoms with Crippen molar-refractivity contribution < 1.29 is 9.21 Å². The molecule has 0 bridgehead atoms. The fraction of sp³-hybridized carbons (Fsp3) is 0.154. The molecule has 2 heterocycles. The largest absolute Gasteiger partial charge is 0.452 e. The van der Waals surface area contributed by atoms with Crippen LogP contribution < -0.4 is 5.32 Å². The van der Waals surface area contributed by atoms with Gasteiger partial charge in [0.05, 0.1) is 6.42 Å². The van der Waals surface area contributed by atoms with Gasteiger partial charge in [-0.25, -0.2) is 0 Å². The molecule has 2 aromatic rings. The summed E-state index contributed by atoms with van der Waals surface area (Å²) in [4.78, 5) is 11.4. The number of benzene rings is 1. The predicted molar refractivity (Wildman–Crippen MR) is 77.9 cm³/mol. The molecule has 0 radical (unpaired) electrons. The van der Waals surface area contributed by atoms with Crippen LogP contribution in [0.1, 0.15) is 22.3 Å². The van der Waals surface area contributed by atoms with E-state index in [2.05, 4.69) is 21.2 Å². The summed E-state index contributed by atoms with van der Waals surface area (Å²) in [6, 6.07) is 7.14. The fourth-order valence-electron chi connectivity index (χ4n) is 2.08. The van der Waals surface area contributed by atoms with E-state index in [0.29, 0.717) is 21.9 Å². The molecule has 1 amide bonds. The number of fused-ring (bicyclic) bond motifs is 1. The molecule has 1 aromatic carbocycles. The lowest BCUT2D eigenvalue weighted by atomic mass is 10.0. The topological polar surface area (TPSA) is 42.2 Å². The number of amides is 1. The van der Waals surface area contributed by atoms with Crippen LogP contribution in [-0.2, 0) is 11.2 Å². The smallest absolute Gasteiger partial charge is 0.228 e. The third-order valence-electron chi connectivity index (χ3n) is 2.96. The van der Waals surface area contributed by atoms with E-state index in [0.717, 1.165) is 16.8 Å². The first-order chi connectivity index (χ1) is 9.04. The Kier molecular flexibility index (Phi) is 3.33. The van der Waals surface area contributed by atoms with E-state index in [1.54, 1.807) is 18.2 Å². The molecule has 1 aliphatic heterocycles. The molecule has 0 aliphatic carbocycles. The van der Waals surface area contributed by atoms with Gasteiger partial charge in [0, 0.05) is 10.7 Å². The zero-order valence-electron chi connectivity index (χ0n) is 9.54. The first-order valence-electron chi connectivity index (χ1n) is 5.56. The van der Waals surface area contributed by atoms with Gasteiger partial charge in [0.25, 0.3) is 0 Å². The van der Waals surface area contributed by atoms with Gasteiger partial charge < -0.3 is 9.73 Å². The number of carbonyl (C=O) groups is 1. The minimum atomic E-state index is -0.486. The van der Waals surface area contributed by atoms with Gasteiger partial charge in [-0.1, -0.05) is 11.6 Å². The summed E-state index contributed by atoms with van der Waals surface area (Å²) >= 11 is 15.8. The molecule has 1 N–H and O–H groups in total. The second-order valence-electron chi connectivity index (χ2n) is 4.26. The highest BCUT2D eigenvalue weighted by molar-refractivity contribution is 9.10. The maximum atomic E-state index is 11.4. The van der Waals surface area contributed by atoms with Gasteiger partial charge in [-0.15, -0.1) is 11.6 Å². The normalized spacial score (nSPS) is 15.2. The molecule has 1 unspecified atom stereocenters. The number of nitrogens with one attached hydrogen (secondary N) is 1. The highest BCUT2D eigenvalue weighted by atomic mass is 79.9. The lowest BCUT2D eigenvalue weighted by Crippen LogP contribution is -2.03. The average Bonchev–Trinajstić information content (AvgIpc) is 2.92. The monoisotopic (exact) mass is 359 g/mol. The molecule has 1 atom stereocenters. The maximum Gasteiger partial charge on any atom is 0.228 e. The zero-order valence-corrected chi connectivity index (χ0v) is 12.6. The number of anilines is 1. The fourth-order valence-corrected chi connectivity index (χ4v) is 3.02.